The van der Waals surface area contributed by atoms with Gasteiger partial charge in [-0.3, -0.25) is 4.79 Å². The molecule has 1 atom stereocenters. The van der Waals surface area contributed by atoms with Crippen LogP contribution in [0.15, 0.2) is 22.7 Å². The van der Waals surface area contributed by atoms with Crippen molar-refractivity contribution in [3.63, 3.8) is 0 Å². The molecular weight excluding hydrogens is 270 g/mol. The third-order valence-electron chi connectivity index (χ3n) is 2.71. The van der Waals surface area contributed by atoms with Crippen molar-refractivity contribution in [1.29, 1.82) is 0 Å². The molecule has 0 spiro atoms. The van der Waals surface area contributed by atoms with Crippen LogP contribution >= 0.6 is 15.9 Å². The second-order valence-corrected chi connectivity index (χ2v) is 4.66. The third-order valence-corrected chi connectivity index (χ3v) is 3.37. The first kappa shape index (κ1) is 11.5. The summed E-state index contributed by atoms with van der Waals surface area (Å²) in [6.07, 6.45) is 0.751. The smallest absolute Gasteiger partial charge is 0.311 e. The first-order valence-corrected chi connectivity index (χ1v) is 6.19. The van der Waals surface area contributed by atoms with E-state index in [1.165, 1.54) is 5.56 Å². The van der Waals surface area contributed by atoms with E-state index in [9.17, 15) is 4.79 Å². The Morgan fingerprint density at radius 1 is 1.62 bits per heavy atom. The molecule has 1 heterocycles. The zero-order valence-corrected chi connectivity index (χ0v) is 10.7. The minimum Gasteiger partial charge on any atom is -0.466 e. The van der Waals surface area contributed by atoms with Gasteiger partial charge in [0.05, 0.1) is 18.2 Å². The molecule has 1 aromatic carbocycles. The first-order chi connectivity index (χ1) is 7.72. The first-order valence-electron chi connectivity index (χ1n) is 5.40. The van der Waals surface area contributed by atoms with Crippen LogP contribution in [0.1, 0.15) is 12.5 Å². The van der Waals surface area contributed by atoms with E-state index in [1.807, 2.05) is 25.1 Å². The predicted octanol–water partition coefficient (Wildman–Crippen LogP) is 2.60. The van der Waals surface area contributed by atoms with Crippen molar-refractivity contribution in [1.82, 2.24) is 0 Å². The molecular formula is C12H14BrNO2. The van der Waals surface area contributed by atoms with Gasteiger partial charge in [0.1, 0.15) is 0 Å². The number of nitrogens with one attached hydrogen (secondary N) is 1. The lowest BCUT2D eigenvalue weighted by Gasteiger charge is -2.25. The zero-order chi connectivity index (χ0) is 11.5. The average molecular weight is 284 g/mol. The van der Waals surface area contributed by atoms with Crippen molar-refractivity contribution in [2.45, 2.75) is 13.3 Å². The fourth-order valence-electron chi connectivity index (χ4n) is 1.93. The fraction of sp³-hybridized carbons (Fsp3) is 0.417. The van der Waals surface area contributed by atoms with Crippen LogP contribution < -0.4 is 5.32 Å². The maximum atomic E-state index is 11.6. The van der Waals surface area contributed by atoms with Gasteiger partial charge in [-0.05, 0) is 40.9 Å². The zero-order valence-electron chi connectivity index (χ0n) is 9.13. The number of carbonyl (C=O) groups is 1. The normalized spacial score (nSPS) is 18.5. The van der Waals surface area contributed by atoms with Crippen molar-refractivity contribution in [3.8, 4) is 0 Å². The van der Waals surface area contributed by atoms with Gasteiger partial charge in [-0.15, -0.1) is 0 Å². The van der Waals surface area contributed by atoms with Gasteiger partial charge in [-0.1, -0.05) is 12.1 Å². The minimum absolute atomic E-state index is 0.0678. The predicted molar refractivity (Wildman–Crippen MR) is 66.5 cm³/mol. The molecule has 0 radical (unpaired) electrons. The number of carbonyl (C=O) groups excluding carboxylic acids is 1. The number of hydrogen-bond acceptors (Lipinski definition) is 3. The molecule has 0 saturated carbocycles. The summed E-state index contributed by atoms with van der Waals surface area (Å²) in [5.74, 6) is -0.178. The third kappa shape index (κ3) is 2.21. The van der Waals surface area contributed by atoms with E-state index in [0.29, 0.717) is 13.2 Å². The molecule has 0 bridgehead atoms. The maximum absolute atomic E-state index is 11.6. The summed E-state index contributed by atoms with van der Waals surface area (Å²) in [7, 11) is 0. The Morgan fingerprint density at radius 3 is 3.19 bits per heavy atom. The Labute approximate surface area is 103 Å². The lowest BCUT2D eigenvalue weighted by atomic mass is 9.94. The number of ether oxygens (including phenoxy) is 1. The molecule has 86 valence electrons. The topological polar surface area (TPSA) is 38.3 Å². The second-order valence-electron chi connectivity index (χ2n) is 3.81. The highest BCUT2D eigenvalue weighted by molar-refractivity contribution is 9.10. The summed E-state index contributed by atoms with van der Waals surface area (Å²) in [6, 6.07) is 6.02. The number of fused-ring (bicyclic) bond motifs is 1. The number of anilines is 1. The van der Waals surface area contributed by atoms with Gasteiger partial charge in [0, 0.05) is 11.0 Å². The van der Waals surface area contributed by atoms with Crippen molar-refractivity contribution >= 4 is 27.6 Å². The van der Waals surface area contributed by atoms with E-state index in [2.05, 4.69) is 21.2 Å². The van der Waals surface area contributed by atoms with E-state index in [4.69, 9.17) is 4.74 Å². The molecule has 0 amide bonds. The molecule has 0 aromatic heterocycles. The maximum Gasteiger partial charge on any atom is 0.311 e. The molecule has 1 aliphatic heterocycles. The lowest BCUT2D eigenvalue weighted by Crippen LogP contribution is -2.31. The monoisotopic (exact) mass is 283 g/mol. The highest BCUT2D eigenvalue weighted by Crippen LogP contribution is 2.31. The van der Waals surface area contributed by atoms with Crippen LogP contribution in [0.4, 0.5) is 5.69 Å². The molecule has 2 rings (SSSR count). The molecule has 0 aliphatic carbocycles. The Hall–Kier alpha value is -1.03. The molecule has 1 aliphatic rings. The van der Waals surface area contributed by atoms with E-state index in [1.54, 1.807) is 0 Å². The number of para-hydroxylation sites is 1. The fourth-order valence-corrected chi connectivity index (χ4v) is 2.47. The van der Waals surface area contributed by atoms with Gasteiger partial charge in [0.25, 0.3) is 0 Å². The van der Waals surface area contributed by atoms with E-state index < -0.39 is 0 Å². The van der Waals surface area contributed by atoms with Crippen LogP contribution in [0.3, 0.4) is 0 Å². The molecule has 1 N–H and O–H groups in total. The number of rotatable bonds is 2. The van der Waals surface area contributed by atoms with Gasteiger partial charge in [0.15, 0.2) is 0 Å². The SMILES string of the molecule is CCOC(=O)C1CNc2c(Br)cccc2C1. The summed E-state index contributed by atoms with van der Waals surface area (Å²) in [5, 5.41) is 3.27. The van der Waals surface area contributed by atoms with Crippen LogP contribution in [0, 0.1) is 5.92 Å². The van der Waals surface area contributed by atoms with Crippen LogP contribution in [-0.4, -0.2) is 19.1 Å². The quantitative estimate of drug-likeness (QED) is 0.848. The highest BCUT2D eigenvalue weighted by atomic mass is 79.9. The summed E-state index contributed by atoms with van der Waals surface area (Å²) in [6.45, 7) is 2.92. The Kier molecular flexibility index (Phi) is 3.49. The number of benzene rings is 1. The Bertz CT molecular complexity index is 406. The lowest BCUT2D eigenvalue weighted by molar-refractivity contribution is -0.147. The van der Waals surface area contributed by atoms with Crippen molar-refractivity contribution in [2.24, 2.45) is 5.92 Å². The van der Waals surface area contributed by atoms with Crippen LogP contribution in [0.25, 0.3) is 0 Å². The van der Waals surface area contributed by atoms with Crippen molar-refractivity contribution in [2.75, 3.05) is 18.5 Å². The van der Waals surface area contributed by atoms with Crippen LogP contribution in [-0.2, 0) is 16.0 Å². The van der Waals surface area contributed by atoms with E-state index in [0.717, 1.165) is 16.6 Å². The van der Waals surface area contributed by atoms with Gasteiger partial charge in [-0.2, -0.15) is 0 Å². The number of hydrogen-bond donors (Lipinski definition) is 1. The standard InChI is InChI=1S/C12H14BrNO2/c1-2-16-12(15)9-6-8-4-3-5-10(13)11(8)14-7-9/h3-5,9,14H,2,6-7H2,1H3. The van der Waals surface area contributed by atoms with Gasteiger partial charge < -0.3 is 10.1 Å². The van der Waals surface area contributed by atoms with Gasteiger partial charge >= 0.3 is 5.97 Å². The Morgan fingerprint density at radius 2 is 2.44 bits per heavy atom. The summed E-state index contributed by atoms with van der Waals surface area (Å²) in [5.41, 5.74) is 2.27. The molecule has 0 fully saturated rings. The van der Waals surface area contributed by atoms with Crippen LogP contribution in [0.2, 0.25) is 0 Å². The highest BCUT2D eigenvalue weighted by Gasteiger charge is 2.26. The van der Waals surface area contributed by atoms with Crippen LogP contribution in [0.5, 0.6) is 0 Å². The van der Waals surface area contributed by atoms with E-state index in [-0.39, 0.29) is 11.9 Å². The molecule has 1 unspecified atom stereocenters. The second kappa shape index (κ2) is 4.87. The summed E-state index contributed by atoms with van der Waals surface area (Å²) < 4.78 is 6.08. The number of esters is 1. The van der Waals surface area contributed by atoms with E-state index >= 15 is 0 Å². The molecule has 16 heavy (non-hydrogen) atoms. The summed E-state index contributed by atoms with van der Waals surface area (Å²) in [4.78, 5) is 11.6. The van der Waals surface area contributed by atoms with Crippen molar-refractivity contribution < 1.29 is 9.53 Å². The molecule has 1 aromatic rings. The van der Waals surface area contributed by atoms with Gasteiger partial charge in [0.2, 0.25) is 0 Å². The molecule has 0 saturated heterocycles. The number of halogens is 1. The molecule has 4 heteroatoms. The van der Waals surface area contributed by atoms with Gasteiger partial charge in [-0.25, -0.2) is 0 Å². The summed E-state index contributed by atoms with van der Waals surface area (Å²) >= 11 is 3.49. The average Bonchev–Trinajstić information content (AvgIpc) is 2.29. The largest absolute Gasteiger partial charge is 0.466 e. The Balaban J connectivity index is 2.15. The molecule has 3 nitrogen and oxygen atoms in total. The van der Waals surface area contributed by atoms with Crippen molar-refractivity contribution in [3.05, 3.63) is 28.2 Å². The minimum atomic E-state index is -0.111.